The summed E-state index contributed by atoms with van der Waals surface area (Å²) in [7, 11) is 0. The zero-order chi connectivity index (χ0) is 14.1. The van der Waals surface area contributed by atoms with E-state index in [9.17, 15) is 4.79 Å². The van der Waals surface area contributed by atoms with Gasteiger partial charge < -0.3 is 25.3 Å². The average Bonchev–Trinajstić information content (AvgIpc) is 3.13. The van der Waals surface area contributed by atoms with Gasteiger partial charge in [-0.05, 0) is 31.0 Å². The highest BCUT2D eigenvalue weighted by molar-refractivity contribution is 5.99. The number of likely N-dealkylation sites (tertiary alicyclic amines) is 1. The summed E-state index contributed by atoms with van der Waals surface area (Å²) in [6, 6.07) is 4.71. The molecule has 0 saturated carbocycles. The fraction of sp³-hybridized carbons (Fsp3) is 0.385. The molecule has 2 aliphatic heterocycles. The van der Waals surface area contributed by atoms with E-state index in [1.54, 1.807) is 23.1 Å². The Balaban J connectivity index is 1.85. The van der Waals surface area contributed by atoms with Gasteiger partial charge in [0.05, 0.1) is 6.04 Å². The summed E-state index contributed by atoms with van der Waals surface area (Å²) in [6.45, 7) is 0.762. The van der Waals surface area contributed by atoms with Crippen LogP contribution in [0.4, 0.5) is 0 Å². The maximum atomic E-state index is 12.5. The minimum absolute atomic E-state index is 0.0663. The quantitative estimate of drug-likeness (QED) is 0.360. The lowest BCUT2D eigenvalue weighted by atomic mass is 10.1. The second-order valence-electron chi connectivity index (χ2n) is 4.75. The van der Waals surface area contributed by atoms with Gasteiger partial charge in [-0.15, -0.1) is 0 Å². The maximum absolute atomic E-state index is 12.5. The molecule has 3 rings (SSSR count). The van der Waals surface area contributed by atoms with E-state index in [0.717, 1.165) is 6.42 Å². The van der Waals surface area contributed by atoms with Crippen LogP contribution in [0.3, 0.4) is 0 Å². The van der Waals surface area contributed by atoms with Crippen molar-refractivity contribution in [1.82, 2.24) is 4.90 Å². The van der Waals surface area contributed by atoms with Crippen LogP contribution in [0.25, 0.3) is 0 Å². The highest BCUT2D eigenvalue weighted by atomic mass is 16.7. The van der Waals surface area contributed by atoms with Gasteiger partial charge in [-0.25, -0.2) is 0 Å². The first-order valence-electron chi connectivity index (χ1n) is 6.38. The van der Waals surface area contributed by atoms with Crippen LogP contribution in [0.1, 0.15) is 23.2 Å². The lowest BCUT2D eigenvalue weighted by molar-refractivity contribution is 0.0767. The normalized spacial score (nSPS) is 21.3. The molecule has 1 aromatic rings. The number of amides is 1. The molecule has 1 saturated heterocycles. The molecular weight excluding hydrogens is 262 g/mol. The van der Waals surface area contributed by atoms with Crippen molar-refractivity contribution in [3.63, 3.8) is 0 Å². The van der Waals surface area contributed by atoms with Crippen molar-refractivity contribution in [2.24, 2.45) is 10.9 Å². The standard InChI is InChI=1S/C13H15N3O4/c14-12(15-18)9-2-1-5-16(9)13(17)8-3-4-10-11(6-8)20-7-19-10/h3-4,6,9,18H,1-2,5,7H2,(H2,14,15). The molecule has 0 aliphatic carbocycles. The third-order valence-electron chi connectivity index (χ3n) is 3.59. The fourth-order valence-electron chi connectivity index (χ4n) is 2.58. The fourth-order valence-corrected chi connectivity index (χ4v) is 2.58. The Bertz CT molecular complexity index is 573. The zero-order valence-corrected chi connectivity index (χ0v) is 10.8. The van der Waals surface area contributed by atoms with Gasteiger partial charge in [0.15, 0.2) is 17.3 Å². The van der Waals surface area contributed by atoms with Crippen LogP contribution in [-0.4, -0.2) is 41.2 Å². The van der Waals surface area contributed by atoms with Gasteiger partial charge in [-0.3, -0.25) is 4.79 Å². The summed E-state index contributed by atoms with van der Waals surface area (Å²) in [6.07, 6.45) is 1.53. The second kappa shape index (κ2) is 4.92. The summed E-state index contributed by atoms with van der Waals surface area (Å²) in [5, 5.41) is 11.8. The van der Waals surface area contributed by atoms with Crippen LogP contribution in [0.5, 0.6) is 11.5 Å². The predicted octanol–water partition coefficient (Wildman–Crippen LogP) is 0.766. The van der Waals surface area contributed by atoms with Gasteiger partial charge in [0.1, 0.15) is 0 Å². The lowest BCUT2D eigenvalue weighted by Crippen LogP contribution is -2.43. The topological polar surface area (TPSA) is 97.4 Å². The molecular formula is C13H15N3O4. The van der Waals surface area contributed by atoms with E-state index in [0.29, 0.717) is 30.0 Å². The summed E-state index contributed by atoms with van der Waals surface area (Å²) >= 11 is 0. The molecule has 0 aromatic heterocycles. The molecule has 1 aromatic carbocycles. The van der Waals surface area contributed by atoms with E-state index in [4.69, 9.17) is 20.4 Å². The summed E-state index contributed by atoms with van der Waals surface area (Å²) in [5.74, 6) is 1.11. The van der Waals surface area contributed by atoms with Crippen LogP contribution in [-0.2, 0) is 0 Å². The minimum Gasteiger partial charge on any atom is -0.454 e. The molecule has 0 bridgehead atoms. The molecule has 1 amide bonds. The first-order chi connectivity index (χ1) is 9.70. The van der Waals surface area contributed by atoms with Gasteiger partial charge in [0.2, 0.25) is 6.79 Å². The van der Waals surface area contributed by atoms with E-state index in [2.05, 4.69) is 5.16 Å². The number of hydrogen-bond donors (Lipinski definition) is 2. The van der Waals surface area contributed by atoms with Crippen molar-refractivity contribution in [1.29, 1.82) is 0 Å². The number of hydrogen-bond acceptors (Lipinski definition) is 5. The number of rotatable bonds is 2. The Morgan fingerprint density at radius 2 is 2.20 bits per heavy atom. The minimum atomic E-state index is -0.349. The SMILES string of the molecule is NC(=NO)C1CCCN1C(=O)c1ccc2c(c1)OCO2. The lowest BCUT2D eigenvalue weighted by Gasteiger charge is -2.23. The highest BCUT2D eigenvalue weighted by Gasteiger charge is 2.33. The van der Waals surface area contributed by atoms with Gasteiger partial charge >= 0.3 is 0 Å². The van der Waals surface area contributed by atoms with Gasteiger partial charge in [0, 0.05) is 12.1 Å². The molecule has 1 atom stereocenters. The average molecular weight is 277 g/mol. The van der Waals surface area contributed by atoms with Crippen LogP contribution in [0.15, 0.2) is 23.4 Å². The van der Waals surface area contributed by atoms with Crippen LogP contribution >= 0.6 is 0 Å². The number of carbonyl (C=O) groups excluding carboxylic acids is 1. The maximum Gasteiger partial charge on any atom is 0.254 e. The number of benzene rings is 1. The molecule has 2 heterocycles. The molecule has 1 fully saturated rings. The molecule has 1 unspecified atom stereocenters. The van der Waals surface area contributed by atoms with Crippen molar-refractivity contribution in [3.8, 4) is 11.5 Å². The molecule has 106 valence electrons. The monoisotopic (exact) mass is 277 g/mol. The largest absolute Gasteiger partial charge is 0.454 e. The summed E-state index contributed by atoms with van der Waals surface area (Å²) < 4.78 is 10.5. The highest BCUT2D eigenvalue weighted by Crippen LogP contribution is 2.33. The molecule has 7 nitrogen and oxygen atoms in total. The van der Waals surface area contributed by atoms with E-state index in [1.807, 2.05) is 0 Å². The molecule has 0 spiro atoms. The van der Waals surface area contributed by atoms with Crippen LogP contribution in [0.2, 0.25) is 0 Å². The number of carbonyl (C=O) groups is 1. The van der Waals surface area contributed by atoms with Gasteiger partial charge in [0.25, 0.3) is 5.91 Å². The smallest absolute Gasteiger partial charge is 0.254 e. The number of nitrogens with zero attached hydrogens (tertiary/aromatic N) is 2. The Morgan fingerprint density at radius 1 is 1.40 bits per heavy atom. The van der Waals surface area contributed by atoms with E-state index < -0.39 is 0 Å². The molecule has 2 aliphatic rings. The van der Waals surface area contributed by atoms with Crippen molar-refractivity contribution >= 4 is 11.7 Å². The van der Waals surface area contributed by atoms with Crippen LogP contribution in [0, 0.1) is 0 Å². The zero-order valence-electron chi connectivity index (χ0n) is 10.8. The Labute approximate surface area is 115 Å². The number of fused-ring (bicyclic) bond motifs is 1. The van der Waals surface area contributed by atoms with Gasteiger partial charge in [-0.1, -0.05) is 5.16 Å². The van der Waals surface area contributed by atoms with Crippen molar-refractivity contribution in [2.45, 2.75) is 18.9 Å². The number of ether oxygens (including phenoxy) is 2. The van der Waals surface area contributed by atoms with Crippen molar-refractivity contribution in [3.05, 3.63) is 23.8 Å². The summed E-state index contributed by atoms with van der Waals surface area (Å²) in [5.41, 5.74) is 6.14. The van der Waals surface area contributed by atoms with E-state index >= 15 is 0 Å². The number of nitrogens with two attached hydrogens (primary N) is 1. The van der Waals surface area contributed by atoms with E-state index in [-0.39, 0.29) is 24.6 Å². The van der Waals surface area contributed by atoms with E-state index in [1.165, 1.54) is 0 Å². The van der Waals surface area contributed by atoms with Crippen molar-refractivity contribution < 1.29 is 19.5 Å². The predicted molar refractivity (Wildman–Crippen MR) is 70.0 cm³/mol. The Hall–Kier alpha value is -2.44. The van der Waals surface area contributed by atoms with Crippen LogP contribution < -0.4 is 15.2 Å². The number of amidine groups is 1. The second-order valence-corrected chi connectivity index (χ2v) is 4.75. The molecule has 20 heavy (non-hydrogen) atoms. The van der Waals surface area contributed by atoms with Gasteiger partial charge in [-0.2, -0.15) is 0 Å². The first kappa shape index (κ1) is 12.6. The first-order valence-corrected chi connectivity index (χ1v) is 6.38. The van der Waals surface area contributed by atoms with Crippen molar-refractivity contribution in [2.75, 3.05) is 13.3 Å². The molecule has 0 radical (unpaired) electrons. The number of oxime groups is 1. The Morgan fingerprint density at radius 3 is 3.00 bits per heavy atom. The third kappa shape index (κ3) is 2.01. The molecule has 7 heteroatoms. The summed E-state index contributed by atoms with van der Waals surface area (Å²) in [4.78, 5) is 14.1. The third-order valence-corrected chi connectivity index (χ3v) is 3.59. The molecule has 3 N–H and O–H groups in total. The Kier molecular flexibility index (Phi) is 3.09.